The molecule has 17 heavy (non-hydrogen) atoms. The van der Waals surface area contributed by atoms with Crippen molar-refractivity contribution in [2.45, 2.75) is 13.0 Å². The fourth-order valence-electron chi connectivity index (χ4n) is 1.32. The van der Waals surface area contributed by atoms with Crippen molar-refractivity contribution in [1.29, 1.82) is 0 Å². The van der Waals surface area contributed by atoms with Crippen molar-refractivity contribution in [2.75, 3.05) is 7.11 Å². The lowest BCUT2D eigenvalue weighted by atomic mass is 10.1. The van der Waals surface area contributed by atoms with Gasteiger partial charge in [-0.2, -0.15) is 0 Å². The summed E-state index contributed by atoms with van der Waals surface area (Å²) in [5.74, 6) is -0.948. The molecule has 0 heterocycles. The number of hydrogen-bond donors (Lipinski definition) is 1. The number of nitrogens with one attached hydrogen (secondary N) is 1. The van der Waals surface area contributed by atoms with Crippen molar-refractivity contribution in [2.24, 2.45) is 0 Å². The van der Waals surface area contributed by atoms with Crippen molar-refractivity contribution in [3.63, 3.8) is 0 Å². The number of amides is 1. The molecular formula is C11H11Cl2NO3. The Kier molecular flexibility index (Phi) is 4.78. The van der Waals surface area contributed by atoms with Crippen molar-refractivity contribution < 1.29 is 14.3 Å². The molecule has 0 saturated heterocycles. The summed E-state index contributed by atoms with van der Waals surface area (Å²) >= 11 is 11.7. The van der Waals surface area contributed by atoms with Gasteiger partial charge >= 0.3 is 5.97 Å². The third-order valence-corrected chi connectivity index (χ3v) is 2.62. The van der Waals surface area contributed by atoms with Crippen LogP contribution in [0, 0.1) is 0 Å². The molecule has 1 unspecified atom stereocenters. The van der Waals surface area contributed by atoms with Gasteiger partial charge in [-0.15, -0.1) is 0 Å². The van der Waals surface area contributed by atoms with Crippen LogP contribution in [-0.4, -0.2) is 19.0 Å². The van der Waals surface area contributed by atoms with E-state index in [-0.39, 0.29) is 5.91 Å². The molecule has 0 fully saturated rings. The quantitative estimate of drug-likeness (QED) is 0.862. The second kappa shape index (κ2) is 5.89. The fourth-order valence-corrected chi connectivity index (χ4v) is 1.84. The lowest BCUT2D eigenvalue weighted by Gasteiger charge is -2.17. The minimum absolute atomic E-state index is 0.293. The zero-order valence-corrected chi connectivity index (χ0v) is 10.8. The second-order valence-electron chi connectivity index (χ2n) is 3.32. The van der Waals surface area contributed by atoms with Gasteiger partial charge in [0.05, 0.1) is 7.11 Å². The fraction of sp³-hybridized carbons (Fsp3) is 0.273. The van der Waals surface area contributed by atoms with Crippen LogP contribution in [0.4, 0.5) is 0 Å². The molecule has 1 aromatic carbocycles. The largest absolute Gasteiger partial charge is 0.467 e. The van der Waals surface area contributed by atoms with Crippen LogP contribution in [-0.2, 0) is 14.3 Å². The Morgan fingerprint density at radius 2 is 2.00 bits per heavy atom. The number of esters is 1. The second-order valence-corrected chi connectivity index (χ2v) is 4.17. The highest BCUT2D eigenvalue weighted by Gasteiger charge is 2.24. The van der Waals surface area contributed by atoms with Crippen LogP contribution >= 0.6 is 23.2 Å². The Morgan fingerprint density at radius 3 is 2.47 bits per heavy atom. The first-order chi connectivity index (χ1) is 7.95. The number of ether oxygens (including phenoxy) is 1. The first-order valence-corrected chi connectivity index (χ1v) is 5.51. The summed E-state index contributed by atoms with van der Waals surface area (Å²) in [7, 11) is 1.24. The Morgan fingerprint density at radius 1 is 1.35 bits per heavy atom. The van der Waals surface area contributed by atoms with Crippen LogP contribution in [0.3, 0.4) is 0 Å². The maximum Gasteiger partial charge on any atom is 0.333 e. The average Bonchev–Trinajstić information content (AvgIpc) is 2.25. The molecule has 0 aliphatic carbocycles. The molecule has 1 amide bonds. The van der Waals surface area contributed by atoms with E-state index in [0.29, 0.717) is 15.6 Å². The SMILES string of the molecule is COC(=O)C(NC(C)=O)c1ccc(Cl)cc1Cl. The molecule has 0 radical (unpaired) electrons. The van der Waals surface area contributed by atoms with Crippen LogP contribution in [0.5, 0.6) is 0 Å². The van der Waals surface area contributed by atoms with E-state index < -0.39 is 12.0 Å². The van der Waals surface area contributed by atoms with Crippen LogP contribution in [0.15, 0.2) is 18.2 Å². The molecule has 0 aliphatic rings. The molecule has 1 rings (SSSR count). The first kappa shape index (κ1) is 13.8. The normalized spacial score (nSPS) is 11.8. The van der Waals surface area contributed by atoms with Crippen molar-refractivity contribution in [1.82, 2.24) is 5.32 Å². The summed E-state index contributed by atoms with van der Waals surface area (Å²) in [6, 6.07) is 3.72. The molecule has 4 nitrogen and oxygen atoms in total. The number of methoxy groups -OCH3 is 1. The van der Waals surface area contributed by atoms with E-state index in [9.17, 15) is 9.59 Å². The molecule has 0 aliphatic heterocycles. The Labute approximate surface area is 109 Å². The van der Waals surface area contributed by atoms with Gasteiger partial charge in [-0.3, -0.25) is 4.79 Å². The number of benzene rings is 1. The van der Waals surface area contributed by atoms with Crippen molar-refractivity contribution >= 4 is 35.1 Å². The van der Waals surface area contributed by atoms with E-state index in [4.69, 9.17) is 23.2 Å². The van der Waals surface area contributed by atoms with E-state index in [1.807, 2.05) is 0 Å². The zero-order chi connectivity index (χ0) is 13.0. The highest BCUT2D eigenvalue weighted by molar-refractivity contribution is 6.35. The molecule has 1 N–H and O–H groups in total. The summed E-state index contributed by atoms with van der Waals surface area (Å²) in [5.41, 5.74) is 0.443. The zero-order valence-electron chi connectivity index (χ0n) is 9.29. The van der Waals surface area contributed by atoms with Crippen LogP contribution < -0.4 is 5.32 Å². The Balaban J connectivity index is 3.12. The highest BCUT2D eigenvalue weighted by Crippen LogP contribution is 2.27. The van der Waals surface area contributed by atoms with Gasteiger partial charge in [0.25, 0.3) is 0 Å². The molecule has 0 saturated carbocycles. The van der Waals surface area contributed by atoms with Gasteiger partial charge in [0.2, 0.25) is 5.91 Å². The van der Waals surface area contributed by atoms with E-state index in [1.165, 1.54) is 20.1 Å². The lowest BCUT2D eigenvalue weighted by molar-refractivity contribution is -0.145. The highest BCUT2D eigenvalue weighted by atomic mass is 35.5. The van der Waals surface area contributed by atoms with E-state index in [2.05, 4.69) is 10.1 Å². The van der Waals surface area contributed by atoms with Crippen molar-refractivity contribution in [3.8, 4) is 0 Å². The molecule has 92 valence electrons. The molecule has 0 aromatic heterocycles. The summed E-state index contributed by atoms with van der Waals surface area (Å²) in [5, 5.41) is 3.21. The maximum atomic E-state index is 11.6. The topological polar surface area (TPSA) is 55.4 Å². The van der Waals surface area contributed by atoms with Gasteiger partial charge in [0, 0.05) is 22.5 Å². The van der Waals surface area contributed by atoms with Crippen LogP contribution in [0.1, 0.15) is 18.5 Å². The predicted molar refractivity (Wildman–Crippen MR) is 65.0 cm³/mol. The van der Waals surface area contributed by atoms with Gasteiger partial charge in [-0.05, 0) is 12.1 Å². The standard InChI is InChI=1S/C11H11Cl2NO3/c1-6(15)14-10(11(16)17-2)8-4-3-7(12)5-9(8)13/h3-5,10H,1-2H3,(H,14,15). The third-order valence-electron chi connectivity index (χ3n) is 2.06. The summed E-state index contributed by atoms with van der Waals surface area (Å²) in [6.07, 6.45) is 0. The maximum absolute atomic E-state index is 11.6. The smallest absolute Gasteiger partial charge is 0.333 e. The minimum atomic E-state index is -0.928. The van der Waals surface area contributed by atoms with Gasteiger partial charge in [0.15, 0.2) is 6.04 Å². The minimum Gasteiger partial charge on any atom is -0.467 e. The number of hydrogen-bond acceptors (Lipinski definition) is 3. The predicted octanol–water partition coefficient (Wildman–Crippen LogP) is 2.34. The number of carbonyl (C=O) groups is 2. The summed E-state index contributed by atoms with van der Waals surface area (Å²) < 4.78 is 4.61. The molecule has 0 bridgehead atoms. The summed E-state index contributed by atoms with van der Waals surface area (Å²) in [4.78, 5) is 22.6. The Bertz CT molecular complexity index is 448. The number of halogens is 2. The molecule has 1 aromatic rings. The van der Waals surface area contributed by atoms with Crippen LogP contribution in [0.2, 0.25) is 10.0 Å². The Hall–Kier alpha value is -1.26. The number of carbonyl (C=O) groups excluding carboxylic acids is 2. The van der Waals surface area contributed by atoms with Gasteiger partial charge < -0.3 is 10.1 Å². The summed E-state index contributed by atoms with van der Waals surface area (Å²) in [6.45, 7) is 1.31. The first-order valence-electron chi connectivity index (χ1n) is 4.75. The lowest BCUT2D eigenvalue weighted by Crippen LogP contribution is -2.33. The monoisotopic (exact) mass is 275 g/mol. The average molecular weight is 276 g/mol. The van der Waals surface area contributed by atoms with E-state index >= 15 is 0 Å². The van der Waals surface area contributed by atoms with Gasteiger partial charge in [-0.25, -0.2) is 4.79 Å². The van der Waals surface area contributed by atoms with Crippen LogP contribution in [0.25, 0.3) is 0 Å². The van der Waals surface area contributed by atoms with Crippen molar-refractivity contribution in [3.05, 3.63) is 33.8 Å². The third kappa shape index (κ3) is 3.61. The van der Waals surface area contributed by atoms with E-state index in [1.54, 1.807) is 12.1 Å². The molecule has 0 spiro atoms. The molecule has 1 atom stereocenters. The van der Waals surface area contributed by atoms with Gasteiger partial charge in [-0.1, -0.05) is 29.3 Å². The van der Waals surface area contributed by atoms with E-state index in [0.717, 1.165) is 0 Å². The van der Waals surface area contributed by atoms with Gasteiger partial charge in [0.1, 0.15) is 0 Å². The molecule has 6 heteroatoms. The molecular weight excluding hydrogens is 265 g/mol. The number of rotatable bonds is 3.